The van der Waals surface area contributed by atoms with E-state index in [9.17, 15) is 14.7 Å². The molecule has 0 aliphatic carbocycles. The molecule has 2 heterocycles. The molecule has 0 radical (unpaired) electrons. The first kappa shape index (κ1) is 14.3. The van der Waals surface area contributed by atoms with E-state index in [0.29, 0.717) is 31.0 Å². The molecule has 0 aromatic rings. The van der Waals surface area contributed by atoms with Crippen LogP contribution in [0.15, 0.2) is 0 Å². The predicted octanol–water partition coefficient (Wildman–Crippen LogP) is 0.193. The Kier molecular flexibility index (Phi) is 4.71. The van der Waals surface area contributed by atoms with Gasteiger partial charge in [-0.2, -0.15) is 0 Å². The number of carbonyl (C=O) groups is 2. The molecule has 2 aliphatic heterocycles. The minimum atomic E-state index is -1.16. The van der Waals surface area contributed by atoms with Crippen LogP contribution >= 0.6 is 23.5 Å². The number of rotatable bonds is 3. The Morgan fingerprint density at radius 3 is 1.89 bits per heavy atom. The van der Waals surface area contributed by atoms with Gasteiger partial charge in [-0.25, -0.2) is 0 Å². The summed E-state index contributed by atoms with van der Waals surface area (Å²) >= 11 is 2.63. The van der Waals surface area contributed by atoms with Gasteiger partial charge >= 0.3 is 0 Å². The van der Waals surface area contributed by atoms with Crippen molar-refractivity contribution in [3.8, 4) is 0 Å². The van der Waals surface area contributed by atoms with E-state index in [1.807, 2.05) is 6.92 Å². The normalized spacial score (nSPS) is 24.6. The van der Waals surface area contributed by atoms with Gasteiger partial charge < -0.3 is 5.11 Å². The van der Waals surface area contributed by atoms with Crippen LogP contribution in [0.1, 0.15) is 13.3 Å². The molecule has 2 rings (SSSR count). The topological polar surface area (TPSA) is 60.9 Å². The molecule has 0 spiro atoms. The summed E-state index contributed by atoms with van der Waals surface area (Å²) in [6.45, 7) is 3.76. The molecule has 102 valence electrons. The molecular weight excluding hydrogens is 272 g/mol. The van der Waals surface area contributed by atoms with Crippen molar-refractivity contribution in [1.29, 1.82) is 0 Å². The molecule has 0 atom stereocenters. The molecule has 2 fully saturated rings. The first-order valence-corrected chi connectivity index (χ1v) is 8.07. The van der Waals surface area contributed by atoms with Gasteiger partial charge in [-0.3, -0.25) is 19.4 Å². The summed E-state index contributed by atoms with van der Waals surface area (Å²) in [7, 11) is 0. The van der Waals surface area contributed by atoms with Crippen molar-refractivity contribution in [3.05, 3.63) is 0 Å². The lowest BCUT2D eigenvalue weighted by molar-refractivity contribution is -0.214. The fourth-order valence-corrected chi connectivity index (χ4v) is 3.93. The van der Waals surface area contributed by atoms with Crippen molar-refractivity contribution in [2.24, 2.45) is 0 Å². The maximum absolute atomic E-state index is 11.5. The van der Waals surface area contributed by atoms with Crippen molar-refractivity contribution in [1.82, 2.24) is 9.80 Å². The lowest BCUT2D eigenvalue weighted by Gasteiger charge is -2.48. The summed E-state index contributed by atoms with van der Waals surface area (Å²) in [5.41, 5.74) is 0. The van der Waals surface area contributed by atoms with Crippen LogP contribution in [-0.4, -0.2) is 68.7 Å². The van der Waals surface area contributed by atoms with E-state index in [4.69, 9.17) is 0 Å². The average molecular weight is 290 g/mol. The van der Waals surface area contributed by atoms with E-state index >= 15 is 0 Å². The van der Waals surface area contributed by atoms with Gasteiger partial charge in [0.1, 0.15) is 0 Å². The Morgan fingerprint density at radius 2 is 1.56 bits per heavy atom. The number of thioether (sulfide) groups is 2. The zero-order valence-electron chi connectivity index (χ0n) is 10.4. The van der Waals surface area contributed by atoms with Crippen molar-refractivity contribution in [3.63, 3.8) is 0 Å². The molecule has 2 saturated heterocycles. The van der Waals surface area contributed by atoms with E-state index in [1.165, 1.54) is 23.5 Å². The molecular formula is C11H18N2O3S2. The monoisotopic (exact) mass is 290 g/mol. The Balaban J connectivity index is 2.12. The van der Waals surface area contributed by atoms with Crippen molar-refractivity contribution >= 4 is 33.8 Å². The van der Waals surface area contributed by atoms with Crippen LogP contribution in [0.25, 0.3) is 0 Å². The Morgan fingerprint density at radius 1 is 1.11 bits per heavy atom. The van der Waals surface area contributed by atoms with E-state index in [0.717, 1.165) is 0 Å². The highest BCUT2D eigenvalue weighted by atomic mass is 32.2. The van der Waals surface area contributed by atoms with Gasteiger partial charge in [0, 0.05) is 31.0 Å². The molecule has 1 N–H and O–H groups in total. The molecule has 0 saturated carbocycles. The number of nitrogens with zero attached hydrogens (tertiary/aromatic N) is 2. The highest BCUT2D eigenvalue weighted by Gasteiger charge is 2.42. The third kappa shape index (κ3) is 2.91. The summed E-state index contributed by atoms with van der Waals surface area (Å²) in [5.74, 6) is 0.253. The fraction of sp³-hybridized carbons (Fsp3) is 0.818. The SMILES string of the molecule is CCC(O)(N1CCSC(=O)C1)N1CCSC(=O)C1. The van der Waals surface area contributed by atoms with Crippen molar-refractivity contribution in [2.45, 2.75) is 19.2 Å². The molecule has 0 aromatic carbocycles. The minimum absolute atomic E-state index is 0.0887. The zero-order chi connectivity index (χ0) is 13.2. The number of carbonyl (C=O) groups excluding carboxylic acids is 2. The van der Waals surface area contributed by atoms with Crippen LogP contribution in [0.2, 0.25) is 0 Å². The second-order valence-electron chi connectivity index (χ2n) is 4.41. The summed E-state index contributed by atoms with van der Waals surface area (Å²) in [4.78, 5) is 26.6. The third-order valence-electron chi connectivity index (χ3n) is 3.38. The van der Waals surface area contributed by atoms with Gasteiger partial charge in [-0.05, 0) is 0 Å². The second-order valence-corrected chi connectivity index (χ2v) is 6.72. The summed E-state index contributed by atoms with van der Waals surface area (Å²) in [5, 5.41) is 11.0. The molecule has 0 bridgehead atoms. The summed E-state index contributed by atoms with van der Waals surface area (Å²) in [6.07, 6.45) is 0.489. The quantitative estimate of drug-likeness (QED) is 0.796. The predicted molar refractivity (Wildman–Crippen MR) is 73.3 cm³/mol. The Labute approximate surface area is 115 Å². The average Bonchev–Trinajstić information content (AvgIpc) is 2.38. The summed E-state index contributed by atoms with van der Waals surface area (Å²) < 4.78 is 0. The van der Waals surface area contributed by atoms with Gasteiger partial charge in [-0.15, -0.1) is 0 Å². The maximum atomic E-state index is 11.5. The van der Waals surface area contributed by atoms with Gasteiger partial charge in [0.15, 0.2) is 5.85 Å². The number of hydrogen-bond acceptors (Lipinski definition) is 7. The van der Waals surface area contributed by atoms with Gasteiger partial charge in [0.25, 0.3) is 0 Å². The molecule has 18 heavy (non-hydrogen) atoms. The summed E-state index contributed by atoms with van der Waals surface area (Å²) in [6, 6.07) is 0. The fourth-order valence-electron chi connectivity index (χ4n) is 2.36. The third-order valence-corrected chi connectivity index (χ3v) is 5.05. The Bertz CT molecular complexity index is 323. The van der Waals surface area contributed by atoms with Crippen LogP contribution in [0.5, 0.6) is 0 Å². The maximum Gasteiger partial charge on any atom is 0.203 e. The van der Waals surface area contributed by atoms with Crippen LogP contribution in [0, 0.1) is 0 Å². The number of hydrogen-bond donors (Lipinski definition) is 1. The Hall–Kier alpha value is -0.0800. The van der Waals surface area contributed by atoms with Gasteiger partial charge in [0.05, 0.1) is 13.1 Å². The van der Waals surface area contributed by atoms with Gasteiger partial charge in [0.2, 0.25) is 10.2 Å². The standard InChI is InChI=1S/C11H18N2O3S2/c1-2-11(16,12-3-5-17-9(14)7-12)13-4-6-18-10(15)8-13/h16H,2-8H2,1H3. The van der Waals surface area contributed by atoms with Crippen LogP contribution in [-0.2, 0) is 9.59 Å². The lowest BCUT2D eigenvalue weighted by atomic mass is 10.2. The second kappa shape index (κ2) is 5.92. The smallest absolute Gasteiger partial charge is 0.203 e. The highest BCUT2D eigenvalue weighted by molar-refractivity contribution is 8.14. The van der Waals surface area contributed by atoms with E-state index in [-0.39, 0.29) is 23.3 Å². The van der Waals surface area contributed by atoms with Crippen molar-refractivity contribution in [2.75, 3.05) is 37.7 Å². The van der Waals surface area contributed by atoms with E-state index in [2.05, 4.69) is 0 Å². The minimum Gasteiger partial charge on any atom is -0.363 e. The molecule has 0 unspecified atom stereocenters. The first-order valence-electron chi connectivity index (χ1n) is 6.10. The molecule has 2 aliphatic rings. The van der Waals surface area contributed by atoms with E-state index in [1.54, 1.807) is 9.80 Å². The highest BCUT2D eigenvalue weighted by Crippen LogP contribution is 2.28. The molecule has 7 heteroatoms. The lowest BCUT2D eigenvalue weighted by Crippen LogP contribution is -2.64. The number of aliphatic hydroxyl groups is 1. The van der Waals surface area contributed by atoms with Crippen molar-refractivity contribution < 1.29 is 14.7 Å². The molecule has 5 nitrogen and oxygen atoms in total. The largest absolute Gasteiger partial charge is 0.363 e. The van der Waals surface area contributed by atoms with Crippen LogP contribution < -0.4 is 0 Å². The molecule has 0 amide bonds. The zero-order valence-corrected chi connectivity index (χ0v) is 12.1. The van der Waals surface area contributed by atoms with Gasteiger partial charge in [-0.1, -0.05) is 30.4 Å². The first-order chi connectivity index (χ1) is 8.56. The molecule has 0 aromatic heterocycles. The van der Waals surface area contributed by atoms with Crippen LogP contribution in [0.4, 0.5) is 0 Å². The van der Waals surface area contributed by atoms with Crippen LogP contribution in [0.3, 0.4) is 0 Å². The van der Waals surface area contributed by atoms with E-state index < -0.39 is 5.85 Å².